The van der Waals surface area contributed by atoms with Gasteiger partial charge in [-0.2, -0.15) is 0 Å². The van der Waals surface area contributed by atoms with Gasteiger partial charge in [-0.25, -0.2) is 4.79 Å². The van der Waals surface area contributed by atoms with Crippen LogP contribution in [0, 0.1) is 0 Å². The summed E-state index contributed by atoms with van der Waals surface area (Å²) in [7, 11) is 0. The van der Waals surface area contributed by atoms with E-state index in [1.165, 1.54) is 43.5 Å². The first-order valence-electron chi connectivity index (χ1n) is 11.3. The van der Waals surface area contributed by atoms with Gasteiger partial charge < -0.3 is 20.9 Å². The largest absolute Gasteiger partial charge is 0.348 e. The van der Waals surface area contributed by atoms with Crippen LogP contribution < -0.4 is 20.9 Å². The Morgan fingerprint density at radius 2 is 1.55 bits per heavy atom. The minimum atomic E-state index is -0.193. The van der Waals surface area contributed by atoms with Gasteiger partial charge in [0.1, 0.15) is 6.54 Å². The van der Waals surface area contributed by atoms with Gasteiger partial charge in [-0.3, -0.25) is 4.79 Å². The van der Waals surface area contributed by atoms with Gasteiger partial charge in [0.15, 0.2) is 0 Å². The Hall–Kier alpha value is -2.86. The normalized spacial score (nSPS) is 14.3. The number of urea groups is 1. The van der Waals surface area contributed by atoms with E-state index in [4.69, 9.17) is 0 Å². The number of likely N-dealkylation sites (tertiary alicyclic amines) is 1. The second-order valence-electron chi connectivity index (χ2n) is 8.62. The summed E-state index contributed by atoms with van der Waals surface area (Å²) >= 11 is 0. The monoisotopic (exact) mass is 423 g/mol. The zero-order valence-corrected chi connectivity index (χ0v) is 18.7. The maximum atomic E-state index is 12.6. The lowest BCUT2D eigenvalue weighted by Gasteiger charge is -2.24. The van der Waals surface area contributed by atoms with E-state index in [0.717, 1.165) is 12.1 Å². The summed E-state index contributed by atoms with van der Waals surface area (Å²) in [5.74, 6) is -0.0859. The van der Waals surface area contributed by atoms with Crippen LogP contribution in [0.4, 0.5) is 4.79 Å². The third-order valence-corrected chi connectivity index (χ3v) is 5.65. The number of nitrogens with one attached hydrogen (secondary N) is 4. The SMILES string of the molecule is CC(C)NC(=O)NCc1ccc(C(=O)NCc2ccccc2C[NH+]2CCCCC2)cc1. The van der Waals surface area contributed by atoms with Crippen molar-refractivity contribution in [2.75, 3.05) is 13.1 Å². The molecular formula is C25H35N4O2+. The molecule has 3 rings (SSSR count). The van der Waals surface area contributed by atoms with Gasteiger partial charge in [0, 0.05) is 30.3 Å². The fourth-order valence-corrected chi connectivity index (χ4v) is 3.95. The Morgan fingerprint density at radius 1 is 0.871 bits per heavy atom. The summed E-state index contributed by atoms with van der Waals surface area (Å²) in [5, 5.41) is 8.66. The maximum absolute atomic E-state index is 12.6. The first kappa shape index (κ1) is 22.8. The topological polar surface area (TPSA) is 74.7 Å². The summed E-state index contributed by atoms with van der Waals surface area (Å²) in [6.45, 7) is 8.29. The average molecular weight is 424 g/mol. The zero-order chi connectivity index (χ0) is 22.1. The van der Waals surface area contributed by atoms with Crippen molar-refractivity contribution >= 4 is 11.9 Å². The van der Waals surface area contributed by atoms with Crippen LogP contribution in [0.3, 0.4) is 0 Å². The molecule has 4 N–H and O–H groups in total. The quantitative estimate of drug-likeness (QED) is 0.526. The second-order valence-corrected chi connectivity index (χ2v) is 8.62. The van der Waals surface area contributed by atoms with Crippen LogP contribution in [0.15, 0.2) is 48.5 Å². The number of piperidine rings is 1. The predicted molar refractivity (Wildman–Crippen MR) is 123 cm³/mol. The number of quaternary nitrogens is 1. The van der Waals surface area contributed by atoms with E-state index in [1.54, 1.807) is 17.0 Å². The molecule has 0 saturated carbocycles. The number of carbonyl (C=O) groups excluding carboxylic acids is 2. The summed E-state index contributed by atoms with van der Waals surface area (Å²) in [6, 6.07) is 15.7. The molecule has 2 aromatic carbocycles. The maximum Gasteiger partial charge on any atom is 0.315 e. The number of benzene rings is 2. The number of rotatable bonds is 8. The van der Waals surface area contributed by atoms with Crippen LogP contribution in [0.5, 0.6) is 0 Å². The van der Waals surface area contributed by atoms with Crippen LogP contribution in [-0.4, -0.2) is 31.1 Å². The van der Waals surface area contributed by atoms with E-state index in [2.05, 4.69) is 34.1 Å². The van der Waals surface area contributed by atoms with Crippen molar-refractivity contribution in [2.24, 2.45) is 0 Å². The molecule has 0 radical (unpaired) electrons. The van der Waals surface area contributed by atoms with Crippen LogP contribution in [-0.2, 0) is 19.6 Å². The molecule has 0 aliphatic carbocycles. The summed E-state index contributed by atoms with van der Waals surface area (Å²) in [4.78, 5) is 25.9. The summed E-state index contributed by atoms with van der Waals surface area (Å²) in [6.07, 6.45) is 3.96. The van der Waals surface area contributed by atoms with Gasteiger partial charge in [0.2, 0.25) is 0 Å². The second kappa shape index (κ2) is 11.5. The lowest BCUT2D eigenvalue weighted by atomic mass is 10.0. The Balaban J connectivity index is 1.51. The van der Waals surface area contributed by atoms with Crippen molar-refractivity contribution in [1.82, 2.24) is 16.0 Å². The van der Waals surface area contributed by atoms with Gasteiger partial charge in [0.25, 0.3) is 5.91 Å². The van der Waals surface area contributed by atoms with Gasteiger partial charge in [0.05, 0.1) is 13.1 Å². The molecule has 3 amide bonds. The van der Waals surface area contributed by atoms with Crippen molar-refractivity contribution in [2.45, 2.75) is 58.8 Å². The minimum absolute atomic E-state index is 0.0859. The molecule has 1 heterocycles. The highest BCUT2D eigenvalue weighted by atomic mass is 16.2. The standard InChI is InChI=1S/C25H34N4O2/c1-19(2)28-25(31)27-16-20-10-12-21(13-11-20)24(30)26-17-22-8-4-5-9-23(22)18-29-14-6-3-7-15-29/h4-5,8-13,19H,3,6-7,14-18H2,1-2H3,(H,26,30)(H2,27,28,31)/p+1. The molecule has 6 nitrogen and oxygen atoms in total. The predicted octanol–water partition coefficient (Wildman–Crippen LogP) is 2.39. The highest BCUT2D eigenvalue weighted by Gasteiger charge is 2.16. The molecule has 0 bridgehead atoms. The lowest BCUT2D eigenvalue weighted by Crippen LogP contribution is -3.11. The van der Waals surface area contributed by atoms with Gasteiger partial charge >= 0.3 is 6.03 Å². The third kappa shape index (κ3) is 7.40. The average Bonchev–Trinajstić information content (AvgIpc) is 2.77. The molecule has 166 valence electrons. The zero-order valence-electron chi connectivity index (χ0n) is 18.7. The fourth-order valence-electron chi connectivity index (χ4n) is 3.95. The van der Waals surface area contributed by atoms with E-state index in [9.17, 15) is 9.59 Å². The van der Waals surface area contributed by atoms with Crippen LogP contribution >= 0.6 is 0 Å². The van der Waals surface area contributed by atoms with Crippen LogP contribution in [0.2, 0.25) is 0 Å². The van der Waals surface area contributed by atoms with Crippen molar-refractivity contribution in [3.05, 3.63) is 70.8 Å². The van der Waals surface area contributed by atoms with Crippen molar-refractivity contribution < 1.29 is 14.5 Å². The van der Waals surface area contributed by atoms with Crippen molar-refractivity contribution in [3.8, 4) is 0 Å². The first-order valence-corrected chi connectivity index (χ1v) is 11.3. The van der Waals surface area contributed by atoms with Crippen molar-refractivity contribution in [1.29, 1.82) is 0 Å². The van der Waals surface area contributed by atoms with E-state index in [1.807, 2.05) is 32.0 Å². The molecule has 0 unspecified atom stereocenters. The molecule has 2 aromatic rings. The van der Waals surface area contributed by atoms with Gasteiger partial charge in [-0.15, -0.1) is 0 Å². The van der Waals surface area contributed by atoms with Crippen molar-refractivity contribution in [3.63, 3.8) is 0 Å². The third-order valence-electron chi connectivity index (χ3n) is 5.65. The molecule has 0 atom stereocenters. The summed E-state index contributed by atoms with van der Waals surface area (Å²) in [5.41, 5.74) is 4.08. The molecule has 1 fully saturated rings. The smallest absolute Gasteiger partial charge is 0.315 e. The lowest BCUT2D eigenvalue weighted by molar-refractivity contribution is -0.918. The Bertz CT molecular complexity index is 858. The van der Waals surface area contributed by atoms with E-state index in [0.29, 0.717) is 18.7 Å². The highest BCUT2D eigenvalue weighted by molar-refractivity contribution is 5.94. The molecule has 1 aliphatic rings. The molecule has 31 heavy (non-hydrogen) atoms. The molecule has 0 spiro atoms. The van der Waals surface area contributed by atoms with Gasteiger partial charge in [-0.05, 0) is 56.4 Å². The number of carbonyl (C=O) groups is 2. The Morgan fingerprint density at radius 3 is 2.23 bits per heavy atom. The number of amides is 3. The van der Waals surface area contributed by atoms with Crippen LogP contribution in [0.1, 0.15) is 60.2 Å². The van der Waals surface area contributed by atoms with Crippen LogP contribution in [0.25, 0.3) is 0 Å². The minimum Gasteiger partial charge on any atom is -0.348 e. The highest BCUT2D eigenvalue weighted by Crippen LogP contribution is 2.10. The van der Waals surface area contributed by atoms with Gasteiger partial charge in [-0.1, -0.05) is 36.4 Å². The molecule has 6 heteroatoms. The summed E-state index contributed by atoms with van der Waals surface area (Å²) < 4.78 is 0. The number of hydrogen-bond donors (Lipinski definition) is 4. The Labute approximate surface area is 185 Å². The first-order chi connectivity index (χ1) is 15.0. The van der Waals surface area contributed by atoms with E-state index in [-0.39, 0.29) is 18.0 Å². The molecular weight excluding hydrogens is 388 g/mol. The molecule has 1 saturated heterocycles. The van der Waals surface area contributed by atoms with E-state index >= 15 is 0 Å². The fraction of sp³-hybridized carbons (Fsp3) is 0.440. The molecule has 1 aliphatic heterocycles. The Kier molecular flexibility index (Phi) is 8.47. The number of hydrogen-bond acceptors (Lipinski definition) is 2. The van der Waals surface area contributed by atoms with E-state index < -0.39 is 0 Å². The molecule has 0 aromatic heterocycles.